The maximum Gasteiger partial charge on any atom is 0.0797 e. The summed E-state index contributed by atoms with van der Waals surface area (Å²) in [5.41, 5.74) is 0.887. The zero-order chi connectivity index (χ0) is 9.26. The molecule has 1 heteroatoms. The molecule has 0 aliphatic heterocycles. The Balaban J connectivity index is 2.76. The molecule has 0 aromatic heterocycles. The summed E-state index contributed by atoms with van der Waals surface area (Å²) in [4.78, 5) is 0. The Labute approximate surface area is 77.6 Å². The van der Waals surface area contributed by atoms with Crippen molar-refractivity contribution in [3.8, 4) is 0 Å². The minimum Gasteiger partial charge on any atom is -0.388 e. The van der Waals surface area contributed by atoms with Crippen LogP contribution in [0.3, 0.4) is 0 Å². The molecule has 0 heterocycles. The van der Waals surface area contributed by atoms with Gasteiger partial charge in [-0.05, 0) is 23.3 Å². The van der Waals surface area contributed by atoms with E-state index in [1.165, 1.54) is 0 Å². The average Bonchev–Trinajstić information content (AvgIpc) is 2.17. The van der Waals surface area contributed by atoms with Crippen LogP contribution in [0.1, 0.15) is 11.7 Å². The summed E-state index contributed by atoms with van der Waals surface area (Å²) in [6.07, 6.45) is -0.647. The lowest BCUT2D eigenvalue weighted by Crippen LogP contribution is -1.91. The fourth-order valence-electron chi connectivity index (χ4n) is 1.54. The first-order valence-corrected chi connectivity index (χ1v) is 4.28. The van der Waals surface area contributed by atoms with Crippen molar-refractivity contribution in [3.63, 3.8) is 0 Å². The van der Waals surface area contributed by atoms with Gasteiger partial charge in [0.2, 0.25) is 0 Å². The van der Waals surface area contributed by atoms with E-state index in [-0.39, 0.29) is 0 Å². The zero-order valence-electron chi connectivity index (χ0n) is 7.27. The Morgan fingerprint density at radius 3 is 2.46 bits per heavy atom. The molecule has 0 saturated heterocycles. The fourth-order valence-corrected chi connectivity index (χ4v) is 1.54. The van der Waals surface area contributed by atoms with Gasteiger partial charge in [0.25, 0.3) is 0 Å². The van der Waals surface area contributed by atoms with Crippen LogP contribution in [-0.2, 0) is 0 Å². The van der Waals surface area contributed by atoms with Gasteiger partial charge in [-0.15, -0.1) is 0 Å². The number of hydrogen-bond acceptors (Lipinski definition) is 1. The molecule has 65 valence electrons. The van der Waals surface area contributed by atoms with Gasteiger partial charge in [0.1, 0.15) is 0 Å². The molecule has 0 aliphatic carbocycles. The predicted molar refractivity (Wildman–Crippen MR) is 54.3 cm³/mol. The molecule has 0 fully saturated rings. The first kappa shape index (κ1) is 8.27. The molecule has 0 amide bonds. The molecule has 1 atom stereocenters. The molecule has 2 aromatic rings. The summed E-state index contributed by atoms with van der Waals surface area (Å²) in [6.45, 7) is 3.61. The fraction of sp³-hybridized carbons (Fsp3) is 0.0833. The van der Waals surface area contributed by atoms with Crippen molar-refractivity contribution in [2.45, 2.75) is 6.10 Å². The second kappa shape index (κ2) is 3.19. The summed E-state index contributed by atoms with van der Waals surface area (Å²) >= 11 is 0. The number of aliphatic hydroxyl groups excluding tert-OH is 1. The minimum atomic E-state index is -0.647. The van der Waals surface area contributed by atoms with Gasteiger partial charge >= 0.3 is 0 Å². The van der Waals surface area contributed by atoms with Gasteiger partial charge in [-0.1, -0.05) is 42.5 Å². The SMILES string of the molecule is [CH2]C(O)c1cccc2ccccc12. The highest BCUT2D eigenvalue weighted by molar-refractivity contribution is 5.85. The Morgan fingerprint density at radius 2 is 1.69 bits per heavy atom. The maximum absolute atomic E-state index is 9.41. The quantitative estimate of drug-likeness (QED) is 0.699. The van der Waals surface area contributed by atoms with Crippen molar-refractivity contribution < 1.29 is 5.11 Å². The van der Waals surface area contributed by atoms with Crippen LogP contribution in [0.4, 0.5) is 0 Å². The molecule has 0 aliphatic rings. The van der Waals surface area contributed by atoms with Crippen molar-refractivity contribution in [1.82, 2.24) is 0 Å². The third-order valence-electron chi connectivity index (χ3n) is 2.18. The topological polar surface area (TPSA) is 20.2 Å². The third-order valence-corrected chi connectivity index (χ3v) is 2.18. The van der Waals surface area contributed by atoms with E-state index in [4.69, 9.17) is 0 Å². The molecule has 13 heavy (non-hydrogen) atoms. The van der Waals surface area contributed by atoms with E-state index in [0.717, 1.165) is 16.3 Å². The number of benzene rings is 2. The van der Waals surface area contributed by atoms with Crippen LogP contribution in [0.5, 0.6) is 0 Å². The van der Waals surface area contributed by atoms with Crippen LogP contribution in [-0.4, -0.2) is 5.11 Å². The van der Waals surface area contributed by atoms with Crippen LogP contribution in [0.15, 0.2) is 42.5 Å². The van der Waals surface area contributed by atoms with Crippen molar-refractivity contribution in [2.75, 3.05) is 0 Å². The molecule has 1 nitrogen and oxygen atoms in total. The Morgan fingerprint density at radius 1 is 1.00 bits per heavy atom. The highest BCUT2D eigenvalue weighted by Crippen LogP contribution is 2.23. The number of hydrogen-bond donors (Lipinski definition) is 1. The van der Waals surface area contributed by atoms with Gasteiger partial charge in [0.15, 0.2) is 0 Å². The number of rotatable bonds is 1. The summed E-state index contributed by atoms with van der Waals surface area (Å²) in [5, 5.41) is 11.6. The van der Waals surface area contributed by atoms with Crippen LogP contribution in [0.2, 0.25) is 0 Å². The van der Waals surface area contributed by atoms with Crippen LogP contribution >= 0.6 is 0 Å². The second-order valence-electron chi connectivity index (χ2n) is 3.08. The minimum absolute atomic E-state index is 0.647. The molecule has 2 rings (SSSR count). The standard InChI is InChI=1S/C12H11O/c1-9(13)11-8-4-6-10-5-2-3-7-12(10)11/h2-9,13H,1H2. The smallest absolute Gasteiger partial charge is 0.0797 e. The molecule has 0 saturated carbocycles. The maximum atomic E-state index is 9.41. The predicted octanol–water partition coefficient (Wildman–Crippen LogP) is 2.71. The van der Waals surface area contributed by atoms with E-state index in [2.05, 4.69) is 6.92 Å². The van der Waals surface area contributed by atoms with Crippen LogP contribution < -0.4 is 0 Å². The Bertz CT molecular complexity index is 413. The van der Waals surface area contributed by atoms with Crippen LogP contribution in [0.25, 0.3) is 10.8 Å². The molecule has 2 aromatic carbocycles. The van der Waals surface area contributed by atoms with E-state index < -0.39 is 6.10 Å². The summed E-state index contributed by atoms with van der Waals surface area (Å²) in [5.74, 6) is 0. The normalized spacial score (nSPS) is 13.1. The Hall–Kier alpha value is -1.34. The van der Waals surface area contributed by atoms with Crippen molar-refractivity contribution in [3.05, 3.63) is 55.0 Å². The first-order chi connectivity index (χ1) is 6.29. The summed E-state index contributed by atoms with van der Waals surface area (Å²) in [7, 11) is 0. The third kappa shape index (κ3) is 1.43. The highest BCUT2D eigenvalue weighted by atomic mass is 16.3. The lowest BCUT2D eigenvalue weighted by atomic mass is 10.0. The van der Waals surface area contributed by atoms with Gasteiger partial charge in [-0.3, -0.25) is 0 Å². The molecule has 1 radical (unpaired) electrons. The molecule has 1 unspecified atom stereocenters. The zero-order valence-corrected chi connectivity index (χ0v) is 7.27. The summed E-state index contributed by atoms with van der Waals surface area (Å²) in [6, 6.07) is 13.9. The number of aliphatic hydroxyl groups is 1. The van der Waals surface area contributed by atoms with Gasteiger partial charge in [-0.25, -0.2) is 0 Å². The van der Waals surface area contributed by atoms with Crippen molar-refractivity contribution in [1.29, 1.82) is 0 Å². The first-order valence-electron chi connectivity index (χ1n) is 4.28. The van der Waals surface area contributed by atoms with E-state index in [1.807, 2.05) is 42.5 Å². The van der Waals surface area contributed by atoms with Crippen LogP contribution in [0, 0.1) is 6.92 Å². The molecule has 1 N–H and O–H groups in total. The molecular formula is C12H11O. The van der Waals surface area contributed by atoms with Crippen molar-refractivity contribution >= 4 is 10.8 Å². The Kier molecular flexibility index (Phi) is 2.03. The van der Waals surface area contributed by atoms with Gasteiger partial charge in [-0.2, -0.15) is 0 Å². The molecule has 0 bridgehead atoms. The van der Waals surface area contributed by atoms with Crippen molar-refractivity contribution in [2.24, 2.45) is 0 Å². The lowest BCUT2D eigenvalue weighted by molar-refractivity contribution is 0.227. The van der Waals surface area contributed by atoms with E-state index in [0.29, 0.717) is 0 Å². The molecule has 0 spiro atoms. The monoisotopic (exact) mass is 171 g/mol. The van der Waals surface area contributed by atoms with E-state index in [1.54, 1.807) is 0 Å². The van der Waals surface area contributed by atoms with E-state index >= 15 is 0 Å². The lowest BCUT2D eigenvalue weighted by Gasteiger charge is -2.08. The largest absolute Gasteiger partial charge is 0.388 e. The molecular weight excluding hydrogens is 160 g/mol. The average molecular weight is 171 g/mol. The van der Waals surface area contributed by atoms with Gasteiger partial charge < -0.3 is 5.11 Å². The second-order valence-corrected chi connectivity index (χ2v) is 3.08. The number of fused-ring (bicyclic) bond motifs is 1. The highest BCUT2D eigenvalue weighted by Gasteiger charge is 2.04. The summed E-state index contributed by atoms with van der Waals surface area (Å²) < 4.78 is 0. The van der Waals surface area contributed by atoms with Gasteiger partial charge in [0, 0.05) is 0 Å². The van der Waals surface area contributed by atoms with Gasteiger partial charge in [0.05, 0.1) is 6.10 Å². The van der Waals surface area contributed by atoms with E-state index in [9.17, 15) is 5.11 Å².